The topological polar surface area (TPSA) is 73.0 Å². The van der Waals surface area contributed by atoms with Crippen molar-refractivity contribution in [3.05, 3.63) is 41.5 Å². The average molecular weight is 505 g/mol. The van der Waals surface area contributed by atoms with Gasteiger partial charge in [-0.15, -0.1) is 28.3 Å². The van der Waals surface area contributed by atoms with Crippen LogP contribution in [0.5, 0.6) is 0 Å². The summed E-state index contributed by atoms with van der Waals surface area (Å²) in [6, 6.07) is 7.43. The molecule has 3 heterocycles. The number of thiophene rings is 1. The molecular formula is C18H22BrFN4O3S2. The van der Waals surface area contributed by atoms with Crippen LogP contribution in [0.4, 0.5) is 19.9 Å². The molecule has 29 heavy (non-hydrogen) atoms. The first-order valence-corrected chi connectivity index (χ1v) is 11.4. The van der Waals surface area contributed by atoms with Gasteiger partial charge >= 0.3 is 6.03 Å². The molecule has 0 aliphatic carbocycles. The van der Waals surface area contributed by atoms with Gasteiger partial charge in [-0.05, 0) is 42.1 Å². The molecule has 2 amide bonds. The van der Waals surface area contributed by atoms with Gasteiger partial charge in [0.05, 0.1) is 0 Å². The number of amides is 2. The second-order valence-electron chi connectivity index (χ2n) is 6.78. The Kier molecular flexibility index (Phi) is 6.82. The molecule has 0 atom stereocenters. The van der Waals surface area contributed by atoms with E-state index in [1.54, 1.807) is 17.5 Å². The molecule has 0 spiro atoms. The lowest BCUT2D eigenvalue weighted by Gasteiger charge is -2.36. The highest BCUT2D eigenvalue weighted by Crippen LogP contribution is 2.34. The highest BCUT2D eigenvalue weighted by Gasteiger charge is 2.37. The number of carbonyl (C=O) groups excluding carboxylic acids is 1. The van der Waals surface area contributed by atoms with E-state index in [0.717, 1.165) is 36.2 Å². The lowest BCUT2D eigenvalue weighted by atomic mass is 10.2. The summed E-state index contributed by atoms with van der Waals surface area (Å²) in [7, 11) is -3.77. The van der Waals surface area contributed by atoms with Crippen LogP contribution in [0.15, 0.2) is 40.6 Å². The second-order valence-corrected chi connectivity index (χ2v) is 9.53. The van der Waals surface area contributed by atoms with Crippen molar-refractivity contribution >= 4 is 55.1 Å². The summed E-state index contributed by atoms with van der Waals surface area (Å²) in [5, 5.41) is 4.69. The number of anilines is 2. The number of nitrogens with zero attached hydrogens (tertiary/aromatic N) is 3. The molecule has 1 saturated heterocycles. The number of hydrogen-bond donors (Lipinski definition) is 1. The van der Waals surface area contributed by atoms with Crippen LogP contribution in [0.2, 0.25) is 0 Å². The van der Waals surface area contributed by atoms with Crippen LogP contribution in [-0.4, -0.2) is 62.9 Å². The Labute approximate surface area is 183 Å². The van der Waals surface area contributed by atoms with E-state index >= 15 is 0 Å². The first kappa shape index (κ1) is 22.0. The number of halogens is 2. The number of urea groups is 1. The lowest BCUT2D eigenvalue weighted by molar-refractivity contribution is 0.225. The van der Waals surface area contributed by atoms with Gasteiger partial charge in [-0.3, -0.25) is 10.2 Å². The van der Waals surface area contributed by atoms with Gasteiger partial charge in [0, 0.05) is 45.0 Å². The van der Waals surface area contributed by atoms with Crippen LogP contribution in [-0.2, 0) is 10.0 Å². The van der Waals surface area contributed by atoms with E-state index in [2.05, 4.69) is 15.1 Å². The number of hydrogen-bond acceptors (Lipinski definition) is 6. The van der Waals surface area contributed by atoms with Crippen molar-refractivity contribution in [1.29, 1.82) is 0 Å². The first-order valence-electron chi connectivity index (χ1n) is 9.09. The fourth-order valence-electron chi connectivity index (χ4n) is 3.52. The summed E-state index contributed by atoms with van der Waals surface area (Å²) in [6.45, 7) is 4.20. The third kappa shape index (κ3) is 4.57. The zero-order valence-corrected chi connectivity index (χ0v) is 18.9. The Morgan fingerprint density at radius 1 is 1.03 bits per heavy atom. The SMILES string of the molecule is Br.O=C1Nc2sccc2S(=O)(=O)N1CCCN1CCN(c2ccc(F)cc2)CC1. The number of sulfonamides is 1. The molecule has 7 nitrogen and oxygen atoms in total. The molecule has 1 fully saturated rings. The number of nitrogens with one attached hydrogen (secondary N) is 1. The van der Waals surface area contributed by atoms with E-state index in [0.29, 0.717) is 18.0 Å². The highest BCUT2D eigenvalue weighted by molar-refractivity contribution is 8.93. The standard InChI is InChI=1S/C18H21FN4O3S2.BrH/c19-14-2-4-15(5-3-14)22-11-9-21(10-12-22)7-1-8-23-18(24)20-17-16(6-13-27-17)28(23,25)26;/h2-6,13H,1,7-12H2,(H,20,24);1H. The van der Waals surface area contributed by atoms with E-state index < -0.39 is 16.1 Å². The first-order chi connectivity index (χ1) is 13.4. The largest absolute Gasteiger partial charge is 0.369 e. The fourth-order valence-corrected chi connectivity index (χ4v) is 6.13. The number of rotatable bonds is 5. The molecule has 1 aromatic heterocycles. The summed E-state index contributed by atoms with van der Waals surface area (Å²) in [6.07, 6.45) is 0.572. The number of piperazine rings is 1. The van der Waals surface area contributed by atoms with Gasteiger partial charge in [0.25, 0.3) is 10.0 Å². The van der Waals surface area contributed by atoms with Crippen molar-refractivity contribution in [2.24, 2.45) is 0 Å². The minimum atomic E-state index is -3.77. The third-order valence-corrected chi connectivity index (χ3v) is 7.83. The van der Waals surface area contributed by atoms with Crippen molar-refractivity contribution in [2.75, 3.05) is 49.5 Å². The van der Waals surface area contributed by atoms with Gasteiger partial charge in [-0.25, -0.2) is 21.9 Å². The van der Waals surface area contributed by atoms with Crippen molar-refractivity contribution in [2.45, 2.75) is 11.3 Å². The van der Waals surface area contributed by atoms with Crippen LogP contribution in [0.1, 0.15) is 6.42 Å². The van der Waals surface area contributed by atoms with E-state index in [1.807, 2.05) is 0 Å². The molecule has 4 rings (SSSR count). The normalized spacial score (nSPS) is 18.7. The van der Waals surface area contributed by atoms with Crippen molar-refractivity contribution in [1.82, 2.24) is 9.21 Å². The minimum absolute atomic E-state index is 0. The summed E-state index contributed by atoms with van der Waals surface area (Å²) >= 11 is 1.21. The zero-order chi connectivity index (χ0) is 19.7. The number of fused-ring (bicyclic) bond motifs is 1. The Morgan fingerprint density at radius 2 is 1.72 bits per heavy atom. The zero-order valence-electron chi connectivity index (χ0n) is 15.6. The average Bonchev–Trinajstić information content (AvgIpc) is 3.15. The van der Waals surface area contributed by atoms with E-state index in [-0.39, 0.29) is 34.2 Å². The van der Waals surface area contributed by atoms with Gasteiger partial charge in [0.15, 0.2) is 0 Å². The van der Waals surface area contributed by atoms with Gasteiger partial charge in [0.1, 0.15) is 15.7 Å². The molecule has 158 valence electrons. The predicted molar refractivity (Wildman–Crippen MR) is 117 cm³/mol. The van der Waals surface area contributed by atoms with Crippen molar-refractivity contribution in [3.63, 3.8) is 0 Å². The Hall–Kier alpha value is -1.69. The maximum absolute atomic E-state index is 13.1. The Bertz CT molecular complexity index is 960. The number of benzene rings is 1. The summed E-state index contributed by atoms with van der Waals surface area (Å²) < 4.78 is 39.2. The maximum atomic E-state index is 13.1. The van der Waals surface area contributed by atoms with E-state index in [4.69, 9.17) is 0 Å². The van der Waals surface area contributed by atoms with Crippen LogP contribution in [0.3, 0.4) is 0 Å². The maximum Gasteiger partial charge on any atom is 0.336 e. The molecule has 0 bridgehead atoms. The van der Waals surface area contributed by atoms with Crippen molar-refractivity contribution in [3.8, 4) is 0 Å². The van der Waals surface area contributed by atoms with Crippen LogP contribution in [0.25, 0.3) is 0 Å². The smallest absolute Gasteiger partial charge is 0.336 e. The predicted octanol–water partition coefficient (Wildman–Crippen LogP) is 3.21. The molecule has 2 aromatic rings. The monoisotopic (exact) mass is 504 g/mol. The quantitative estimate of drug-likeness (QED) is 0.676. The molecule has 1 N–H and O–H groups in total. The molecule has 0 saturated carbocycles. The fraction of sp³-hybridized carbons (Fsp3) is 0.389. The molecule has 2 aliphatic heterocycles. The second kappa shape index (κ2) is 8.99. The minimum Gasteiger partial charge on any atom is -0.369 e. The summed E-state index contributed by atoms with van der Waals surface area (Å²) in [5.74, 6) is -0.242. The van der Waals surface area contributed by atoms with Gasteiger partial charge in [-0.2, -0.15) is 0 Å². The van der Waals surface area contributed by atoms with Crippen LogP contribution >= 0.6 is 28.3 Å². The van der Waals surface area contributed by atoms with Crippen molar-refractivity contribution < 1.29 is 17.6 Å². The molecular weight excluding hydrogens is 483 g/mol. The van der Waals surface area contributed by atoms with Gasteiger partial charge in [0.2, 0.25) is 0 Å². The van der Waals surface area contributed by atoms with Crippen LogP contribution < -0.4 is 10.2 Å². The molecule has 2 aliphatic rings. The Morgan fingerprint density at radius 3 is 2.41 bits per heavy atom. The third-order valence-electron chi connectivity index (χ3n) is 5.04. The summed E-state index contributed by atoms with van der Waals surface area (Å²) in [5.41, 5.74) is 1.00. The molecule has 11 heteroatoms. The van der Waals surface area contributed by atoms with Gasteiger partial charge in [-0.1, -0.05) is 0 Å². The van der Waals surface area contributed by atoms with E-state index in [9.17, 15) is 17.6 Å². The Balaban J connectivity index is 0.00000240. The van der Waals surface area contributed by atoms with Gasteiger partial charge < -0.3 is 4.90 Å². The van der Waals surface area contributed by atoms with Crippen LogP contribution in [0, 0.1) is 5.82 Å². The van der Waals surface area contributed by atoms with E-state index in [1.165, 1.54) is 29.5 Å². The molecule has 0 radical (unpaired) electrons. The molecule has 0 unspecified atom stereocenters. The summed E-state index contributed by atoms with van der Waals surface area (Å²) in [4.78, 5) is 16.8. The highest BCUT2D eigenvalue weighted by atomic mass is 79.9. The molecule has 1 aromatic carbocycles. The number of carbonyl (C=O) groups is 1. The lowest BCUT2D eigenvalue weighted by Crippen LogP contribution is -2.48.